The minimum absolute atomic E-state index is 0.597. The molecule has 1 aliphatic rings. The van der Waals surface area contributed by atoms with Crippen molar-refractivity contribution in [2.75, 3.05) is 16.8 Å². The average molecular weight is 269 g/mol. The zero-order valence-electron chi connectivity index (χ0n) is 9.28. The van der Waals surface area contributed by atoms with Crippen LogP contribution in [0, 0.1) is 12.8 Å². The first-order chi connectivity index (χ1) is 7.22. The first kappa shape index (κ1) is 10.9. The molecule has 0 saturated carbocycles. The number of hydrogen-bond donors (Lipinski definition) is 0. The van der Waals surface area contributed by atoms with Crippen molar-refractivity contribution in [3.05, 3.63) is 23.9 Å². The van der Waals surface area contributed by atoms with Gasteiger partial charge in [0, 0.05) is 23.6 Å². The molecular weight excluding hydrogens is 252 g/mol. The second-order valence-corrected chi connectivity index (χ2v) is 4.97. The quantitative estimate of drug-likeness (QED) is 0.767. The summed E-state index contributed by atoms with van der Waals surface area (Å²) in [4.78, 5) is 7.02. The number of alkyl halides is 1. The molecule has 1 aromatic rings. The summed E-state index contributed by atoms with van der Waals surface area (Å²) in [6.45, 7) is 5.50. The van der Waals surface area contributed by atoms with Crippen LogP contribution in [0.1, 0.15) is 19.0 Å². The molecule has 0 bridgehead atoms. The van der Waals surface area contributed by atoms with Crippen LogP contribution in [-0.4, -0.2) is 22.9 Å². The van der Waals surface area contributed by atoms with Crippen LogP contribution < -0.4 is 4.90 Å². The Kier molecular flexibility index (Phi) is 3.29. The highest BCUT2D eigenvalue weighted by molar-refractivity contribution is 9.09. The van der Waals surface area contributed by atoms with E-state index in [4.69, 9.17) is 0 Å². The van der Waals surface area contributed by atoms with Crippen LogP contribution in [0.2, 0.25) is 0 Å². The highest BCUT2D eigenvalue weighted by Crippen LogP contribution is 2.29. The van der Waals surface area contributed by atoms with Gasteiger partial charge in [-0.1, -0.05) is 28.9 Å². The van der Waals surface area contributed by atoms with Gasteiger partial charge in [0.25, 0.3) is 0 Å². The van der Waals surface area contributed by atoms with Crippen molar-refractivity contribution >= 4 is 21.7 Å². The largest absolute Gasteiger partial charge is 0.353 e. The van der Waals surface area contributed by atoms with Crippen LogP contribution in [0.25, 0.3) is 0 Å². The smallest absolute Gasteiger partial charge is 0.129 e. The van der Waals surface area contributed by atoms with Gasteiger partial charge in [0.2, 0.25) is 0 Å². The Labute approximate surface area is 99.8 Å². The molecule has 1 saturated heterocycles. The maximum Gasteiger partial charge on any atom is 0.129 e. The molecule has 2 unspecified atom stereocenters. The van der Waals surface area contributed by atoms with Gasteiger partial charge < -0.3 is 4.90 Å². The van der Waals surface area contributed by atoms with Gasteiger partial charge in [-0.15, -0.1) is 0 Å². The van der Waals surface area contributed by atoms with Gasteiger partial charge in [0.15, 0.2) is 0 Å². The van der Waals surface area contributed by atoms with E-state index in [2.05, 4.69) is 44.9 Å². The number of nitrogens with zero attached hydrogens (tertiary/aromatic N) is 2. The fraction of sp³-hybridized carbons (Fsp3) is 0.583. The monoisotopic (exact) mass is 268 g/mol. The lowest BCUT2D eigenvalue weighted by molar-refractivity contribution is 0.553. The fourth-order valence-electron chi connectivity index (χ4n) is 2.22. The summed E-state index contributed by atoms with van der Waals surface area (Å²) in [5.74, 6) is 1.88. The molecule has 1 fully saturated rings. The van der Waals surface area contributed by atoms with Crippen LogP contribution >= 0.6 is 15.9 Å². The van der Waals surface area contributed by atoms with Crippen molar-refractivity contribution in [2.24, 2.45) is 5.92 Å². The fourth-order valence-corrected chi connectivity index (χ4v) is 3.20. The van der Waals surface area contributed by atoms with Crippen molar-refractivity contribution in [2.45, 2.75) is 26.3 Å². The van der Waals surface area contributed by atoms with E-state index in [1.54, 1.807) is 0 Å². The van der Waals surface area contributed by atoms with Gasteiger partial charge in [-0.3, -0.25) is 0 Å². The second kappa shape index (κ2) is 4.52. The lowest BCUT2D eigenvalue weighted by Crippen LogP contribution is -2.34. The van der Waals surface area contributed by atoms with Crippen molar-refractivity contribution in [3.63, 3.8) is 0 Å². The second-order valence-electron chi connectivity index (χ2n) is 4.32. The molecule has 82 valence electrons. The molecule has 1 aromatic heterocycles. The molecule has 0 amide bonds. The number of aromatic nitrogens is 1. The molecule has 0 spiro atoms. The number of rotatable bonds is 2. The Bertz CT molecular complexity index is 340. The van der Waals surface area contributed by atoms with E-state index in [-0.39, 0.29) is 0 Å². The first-order valence-electron chi connectivity index (χ1n) is 5.48. The molecule has 0 aliphatic carbocycles. The molecule has 3 heteroatoms. The highest BCUT2D eigenvalue weighted by Gasteiger charge is 2.30. The average Bonchev–Trinajstić information content (AvgIpc) is 2.59. The van der Waals surface area contributed by atoms with E-state index in [0.717, 1.165) is 29.3 Å². The predicted octanol–water partition coefficient (Wildman–Crippen LogP) is 3.00. The molecule has 1 aliphatic heterocycles. The summed E-state index contributed by atoms with van der Waals surface area (Å²) in [6, 6.07) is 6.85. The lowest BCUT2D eigenvalue weighted by Gasteiger charge is -2.26. The Morgan fingerprint density at radius 1 is 1.53 bits per heavy atom. The van der Waals surface area contributed by atoms with Crippen LogP contribution in [0.15, 0.2) is 18.2 Å². The number of anilines is 1. The molecule has 2 rings (SSSR count). The van der Waals surface area contributed by atoms with Gasteiger partial charge in [-0.25, -0.2) is 4.98 Å². The molecule has 15 heavy (non-hydrogen) atoms. The Morgan fingerprint density at radius 3 is 3.00 bits per heavy atom. The van der Waals surface area contributed by atoms with Crippen molar-refractivity contribution in [1.29, 1.82) is 0 Å². The SMILES string of the molecule is Cc1cccc(N2CCC(C)C2CBr)n1. The van der Waals surface area contributed by atoms with Crippen LogP contribution in [0.5, 0.6) is 0 Å². The third-order valence-electron chi connectivity index (χ3n) is 3.21. The maximum atomic E-state index is 4.59. The summed E-state index contributed by atoms with van der Waals surface area (Å²) >= 11 is 3.60. The molecule has 2 heterocycles. The summed E-state index contributed by atoms with van der Waals surface area (Å²) in [7, 11) is 0. The minimum Gasteiger partial charge on any atom is -0.353 e. The van der Waals surface area contributed by atoms with Gasteiger partial charge in [-0.05, 0) is 31.4 Å². The van der Waals surface area contributed by atoms with E-state index >= 15 is 0 Å². The van der Waals surface area contributed by atoms with Crippen molar-refractivity contribution in [1.82, 2.24) is 4.98 Å². The molecule has 0 radical (unpaired) electrons. The highest BCUT2D eigenvalue weighted by atomic mass is 79.9. The zero-order valence-corrected chi connectivity index (χ0v) is 10.9. The van der Waals surface area contributed by atoms with Gasteiger partial charge in [-0.2, -0.15) is 0 Å². The molecule has 0 N–H and O–H groups in total. The number of pyridine rings is 1. The number of hydrogen-bond acceptors (Lipinski definition) is 2. The Hall–Kier alpha value is -0.570. The number of halogens is 1. The Morgan fingerprint density at radius 2 is 2.33 bits per heavy atom. The molecule has 0 aromatic carbocycles. The van der Waals surface area contributed by atoms with Gasteiger partial charge in [0.05, 0.1) is 0 Å². The summed E-state index contributed by atoms with van der Waals surface area (Å²) in [5, 5.41) is 1.03. The topological polar surface area (TPSA) is 16.1 Å². The van der Waals surface area contributed by atoms with E-state index in [9.17, 15) is 0 Å². The van der Waals surface area contributed by atoms with Crippen molar-refractivity contribution in [3.8, 4) is 0 Å². The lowest BCUT2D eigenvalue weighted by atomic mass is 10.1. The zero-order chi connectivity index (χ0) is 10.8. The third kappa shape index (κ3) is 2.17. The predicted molar refractivity (Wildman–Crippen MR) is 67.7 cm³/mol. The number of aryl methyl sites for hydroxylation is 1. The summed E-state index contributed by atoms with van der Waals surface area (Å²) in [6.07, 6.45) is 1.27. The van der Waals surface area contributed by atoms with Crippen LogP contribution in [0.3, 0.4) is 0 Å². The van der Waals surface area contributed by atoms with E-state index in [1.807, 2.05) is 13.0 Å². The molecule has 2 atom stereocenters. The van der Waals surface area contributed by atoms with Crippen molar-refractivity contribution < 1.29 is 0 Å². The summed E-state index contributed by atoms with van der Waals surface area (Å²) in [5.41, 5.74) is 1.10. The van der Waals surface area contributed by atoms with E-state index in [1.165, 1.54) is 6.42 Å². The van der Waals surface area contributed by atoms with E-state index in [0.29, 0.717) is 6.04 Å². The standard InChI is InChI=1S/C12H17BrN2/c1-9-6-7-15(11(9)8-13)12-5-3-4-10(2)14-12/h3-5,9,11H,6-8H2,1-2H3. The minimum atomic E-state index is 0.597. The van der Waals surface area contributed by atoms with Gasteiger partial charge >= 0.3 is 0 Å². The normalized spacial score (nSPS) is 25.9. The van der Waals surface area contributed by atoms with E-state index < -0.39 is 0 Å². The maximum absolute atomic E-state index is 4.59. The van der Waals surface area contributed by atoms with Crippen LogP contribution in [0.4, 0.5) is 5.82 Å². The Balaban J connectivity index is 2.23. The third-order valence-corrected chi connectivity index (χ3v) is 3.87. The first-order valence-corrected chi connectivity index (χ1v) is 6.61. The molecular formula is C12H17BrN2. The van der Waals surface area contributed by atoms with Gasteiger partial charge in [0.1, 0.15) is 5.82 Å². The van der Waals surface area contributed by atoms with Crippen LogP contribution in [-0.2, 0) is 0 Å². The molecule has 2 nitrogen and oxygen atoms in total. The summed E-state index contributed by atoms with van der Waals surface area (Å²) < 4.78 is 0.